The van der Waals surface area contributed by atoms with Crippen molar-refractivity contribution in [2.45, 2.75) is 0 Å². The van der Waals surface area contributed by atoms with Gasteiger partial charge in [0.25, 0.3) is 0 Å². The summed E-state index contributed by atoms with van der Waals surface area (Å²) in [5, 5.41) is 0. The Balaban J connectivity index is 2.24. The average Bonchev–Trinajstić information content (AvgIpc) is 2.23. The lowest BCUT2D eigenvalue weighted by Crippen LogP contribution is -1.86. The number of hydrogen-bond acceptors (Lipinski definition) is 1. The molecule has 2 aromatic rings. The minimum absolute atomic E-state index is 0.249. The van der Waals surface area contributed by atoms with Gasteiger partial charge in [0.1, 0.15) is 5.75 Å². The first kappa shape index (κ1) is 8.75. The zero-order chi connectivity index (χ0) is 9.80. The van der Waals surface area contributed by atoms with Crippen LogP contribution in [0.15, 0.2) is 54.6 Å². The van der Waals surface area contributed by atoms with Crippen molar-refractivity contribution in [1.29, 1.82) is 0 Å². The average molecular weight is 188 g/mol. The van der Waals surface area contributed by atoms with Crippen molar-refractivity contribution >= 4 is 0 Å². The maximum Gasteiger partial charge on any atom is 0.165 e. The summed E-state index contributed by atoms with van der Waals surface area (Å²) in [6, 6.07) is 15.5. The van der Waals surface area contributed by atoms with Crippen LogP contribution in [0.4, 0.5) is 4.39 Å². The summed E-state index contributed by atoms with van der Waals surface area (Å²) < 4.78 is 18.5. The monoisotopic (exact) mass is 188 g/mol. The van der Waals surface area contributed by atoms with E-state index in [9.17, 15) is 4.39 Å². The maximum absolute atomic E-state index is 13.2. The molecule has 0 amide bonds. The molecule has 14 heavy (non-hydrogen) atoms. The van der Waals surface area contributed by atoms with Crippen LogP contribution in [0.3, 0.4) is 0 Å². The van der Waals surface area contributed by atoms with Gasteiger partial charge >= 0.3 is 0 Å². The van der Waals surface area contributed by atoms with Crippen LogP contribution in [0.25, 0.3) is 0 Å². The van der Waals surface area contributed by atoms with Gasteiger partial charge in [0.15, 0.2) is 11.6 Å². The highest BCUT2D eigenvalue weighted by Crippen LogP contribution is 2.23. The van der Waals surface area contributed by atoms with Crippen LogP contribution in [0.2, 0.25) is 0 Å². The molecule has 0 bridgehead atoms. The van der Waals surface area contributed by atoms with E-state index in [1.807, 2.05) is 18.2 Å². The van der Waals surface area contributed by atoms with Crippen LogP contribution in [-0.4, -0.2) is 0 Å². The van der Waals surface area contributed by atoms with E-state index >= 15 is 0 Å². The molecule has 0 spiro atoms. The van der Waals surface area contributed by atoms with E-state index in [-0.39, 0.29) is 11.6 Å². The molecule has 0 heterocycles. The van der Waals surface area contributed by atoms with Gasteiger partial charge in [-0.15, -0.1) is 0 Å². The number of hydrogen-bond donors (Lipinski definition) is 0. The predicted molar refractivity (Wildman–Crippen MR) is 52.9 cm³/mol. The van der Waals surface area contributed by atoms with Gasteiger partial charge in [-0.1, -0.05) is 30.3 Å². The maximum atomic E-state index is 13.2. The van der Waals surface area contributed by atoms with E-state index in [4.69, 9.17) is 4.74 Å². The van der Waals surface area contributed by atoms with Crippen LogP contribution >= 0.6 is 0 Å². The molecule has 0 radical (unpaired) electrons. The topological polar surface area (TPSA) is 9.23 Å². The Labute approximate surface area is 81.8 Å². The normalized spacial score (nSPS) is 9.79. The standard InChI is InChI=1S/C12H9FO/c13-11-8-4-5-9-12(11)14-10-6-2-1-3-7-10/h1-9H. The zero-order valence-electron chi connectivity index (χ0n) is 7.48. The van der Waals surface area contributed by atoms with Gasteiger partial charge < -0.3 is 4.74 Å². The van der Waals surface area contributed by atoms with Gasteiger partial charge in [0.2, 0.25) is 0 Å². The van der Waals surface area contributed by atoms with E-state index in [1.165, 1.54) is 6.07 Å². The van der Waals surface area contributed by atoms with Crippen LogP contribution in [-0.2, 0) is 0 Å². The molecule has 0 aliphatic heterocycles. The van der Waals surface area contributed by atoms with Gasteiger partial charge in [0, 0.05) is 0 Å². The molecule has 70 valence electrons. The lowest BCUT2D eigenvalue weighted by molar-refractivity contribution is 0.442. The lowest BCUT2D eigenvalue weighted by atomic mass is 10.3. The molecule has 1 nitrogen and oxygen atoms in total. The van der Waals surface area contributed by atoms with Crippen LogP contribution in [0.1, 0.15) is 0 Å². The predicted octanol–water partition coefficient (Wildman–Crippen LogP) is 3.62. The first-order chi connectivity index (χ1) is 6.86. The Kier molecular flexibility index (Phi) is 2.45. The molecule has 0 aliphatic carbocycles. The van der Waals surface area contributed by atoms with Gasteiger partial charge in [-0.2, -0.15) is 0 Å². The van der Waals surface area contributed by atoms with Crippen LogP contribution in [0, 0.1) is 5.82 Å². The quantitative estimate of drug-likeness (QED) is 0.699. The van der Waals surface area contributed by atoms with E-state index in [0.717, 1.165) is 0 Å². The summed E-state index contributed by atoms with van der Waals surface area (Å²) in [6.45, 7) is 0. The first-order valence-electron chi connectivity index (χ1n) is 4.34. The molecule has 0 unspecified atom stereocenters. The third kappa shape index (κ3) is 1.91. The van der Waals surface area contributed by atoms with Crippen molar-refractivity contribution in [3.63, 3.8) is 0 Å². The Bertz CT molecular complexity index is 412. The Morgan fingerprint density at radius 3 is 2.14 bits per heavy atom. The molecule has 0 aliphatic rings. The number of para-hydroxylation sites is 2. The highest BCUT2D eigenvalue weighted by Gasteiger charge is 2.01. The van der Waals surface area contributed by atoms with Crippen molar-refractivity contribution in [1.82, 2.24) is 0 Å². The van der Waals surface area contributed by atoms with E-state index in [1.54, 1.807) is 30.3 Å². The molecule has 2 heteroatoms. The summed E-state index contributed by atoms with van der Waals surface area (Å²) in [6.07, 6.45) is 0. The van der Waals surface area contributed by atoms with Crippen molar-refractivity contribution in [2.75, 3.05) is 0 Å². The number of ether oxygens (including phenoxy) is 1. The van der Waals surface area contributed by atoms with Gasteiger partial charge in [-0.25, -0.2) is 4.39 Å². The molecule has 0 N–H and O–H groups in total. The molecule has 0 saturated carbocycles. The fourth-order valence-electron chi connectivity index (χ4n) is 1.14. The molecular weight excluding hydrogens is 179 g/mol. The molecule has 0 fully saturated rings. The minimum atomic E-state index is -0.351. The van der Waals surface area contributed by atoms with Gasteiger partial charge in [0.05, 0.1) is 0 Å². The first-order valence-corrected chi connectivity index (χ1v) is 4.34. The smallest absolute Gasteiger partial charge is 0.165 e. The summed E-state index contributed by atoms with van der Waals surface area (Å²) in [7, 11) is 0. The Hall–Kier alpha value is -1.83. The number of rotatable bonds is 2. The highest BCUT2D eigenvalue weighted by atomic mass is 19.1. The van der Waals surface area contributed by atoms with Crippen molar-refractivity contribution in [2.24, 2.45) is 0 Å². The van der Waals surface area contributed by atoms with Crippen molar-refractivity contribution in [3.8, 4) is 11.5 Å². The zero-order valence-corrected chi connectivity index (χ0v) is 7.48. The minimum Gasteiger partial charge on any atom is -0.454 e. The summed E-state index contributed by atoms with van der Waals surface area (Å²) in [4.78, 5) is 0. The number of halogens is 1. The summed E-state index contributed by atoms with van der Waals surface area (Å²) >= 11 is 0. The third-order valence-corrected chi connectivity index (χ3v) is 1.81. The number of benzene rings is 2. The van der Waals surface area contributed by atoms with Crippen LogP contribution in [0.5, 0.6) is 11.5 Å². The van der Waals surface area contributed by atoms with Gasteiger partial charge in [-0.05, 0) is 24.3 Å². The lowest BCUT2D eigenvalue weighted by Gasteiger charge is -2.05. The molecule has 0 atom stereocenters. The fraction of sp³-hybridized carbons (Fsp3) is 0. The largest absolute Gasteiger partial charge is 0.454 e. The second kappa shape index (κ2) is 3.92. The Morgan fingerprint density at radius 1 is 0.786 bits per heavy atom. The van der Waals surface area contributed by atoms with Crippen molar-refractivity contribution < 1.29 is 9.13 Å². The molecule has 2 aromatic carbocycles. The second-order valence-electron chi connectivity index (χ2n) is 2.85. The van der Waals surface area contributed by atoms with E-state index in [0.29, 0.717) is 5.75 Å². The summed E-state index contributed by atoms with van der Waals surface area (Å²) in [5.74, 6) is 0.535. The van der Waals surface area contributed by atoms with Crippen molar-refractivity contribution in [3.05, 3.63) is 60.4 Å². The van der Waals surface area contributed by atoms with Gasteiger partial charge in [-0.3, -0.25) is 0 Å². The van der Waals surface area contributed by atoms with E-state index in [2.05, 4.69) is 0 Å². The third-order valence-electron chi connectivity index (χ3n) is 1.81. The molecule has 0 saturated heterocycles. The fourth-order valence-corrected chi connectivity index (χ4v) is 1.14. The Morgan fingerprint density at radius 2 is 1.43 bits per heavy atom. The second-order valence-corrected chi connectivity index (χ2v) is 2.85. The molecule has 2 rings (SSSR count). The van der Waals surface area contributed by atoms with E-state index < -0.39 is 0 Å². The SMILES string of the molecule is Fc1ccccc1Oc1ccccc1. The highest BCUT2D eigenvalue weighted by molar-refractivity contribution is 5.31. The van der Waals surface area contributed by atoms with Crippen LogP contribution < -0.4 is 4.74 Å². The molecular formula is C12H9FO. The summed E-state index contributed by atoms with van der Waals surface area (Å²) in [5.41, 5.74) is 0. The molecule has 0 aromatic heterocycles.